The average Bonchev–Trinajstić information content (AvgIpc) is 2.36. The van der Waals surface area contributed by atoms with E-state index in [4.69, 9.17) is 16.3 Å². The summed E-state index contributed by atoms with van der Waals surface area (Å²) in [4.78, 5) is 2.21. The Morgan fingerprint density at radius 3 is 3.06 bits per heavy atom. The van der Waals surface area contributed by atoms with E-state index < -0.39 is 0 Å². The molecule has 18 heavy (non-hydrogen) atoms. The summed E-state index contributed by atoms with van der Waals surface area (Å²) in [6.07, 6.45) is 0.0399. The minimum Gasteiger partial charge on any atom is -0.374 e. The smallest absolute Gasteiger partial charge is 0.127 e. The van der Waals surface area contributed by atoms with Crippen LogP contribution in [0.25, 0.3) is 0 Å². The van der Waals surface area contributed by atoms with Crippen molar-refractivity contribution in [2.45, 2.75) is 25.6 Å². The Morgan fingerprint density at radius 1 is 1.56 bits per heavy atom. The van der Waals surface area contributed by atoms with Crippen LogP contribution in [0, 0.1) is 5.82 Å². The lowest BCUT2D eigenvalue weighted by Crippen LogP contribution is -2.48. The third-order valence-corrected chi connectivity index (χ3v) is 4.03. The first-order valence-electron chi connectivity index (χ1n) is 5.95. The highest BCUT2D eigenvalue weighted by Gasteiger charge is 2.26. The van der Waals surface area contributed by atoms with E-state index in [1.165, 1.54) is 6.07 Å². The molecule has 0 amide bonds. The van der Waals surface area contributed by atoms with Crippen molar-refractivity contribution in [3.05, 3.63) is 34.1 Å². The second kappa shape index (κ2) is 6.33. The van der Waals surface area contributed by atoms with E-state index in [1.54, 1.807) is 6.07 Å². The number of nitrogens with zero attached hydrogens (tertiary/aromatic N) is 1. The van der Waals surface area contributed by atoms with Crippen molar-refractivity contribution < 1.29 is 9.13 Å². The highest BCUT2D eigenvalue weighted by atomic mass is 79.9. The van der Waals surface area contributed by atoms with Crippen molar-refractivity contribution in [3.63, 3.8) is 0 Å². The standard InChI is InChI=1S/C13H16BrClFNO/c1-9-8-18-12(5-15)7-17(9)6-10-4-11(14)2-3-13(10)16/h2-4,9,12H,5-8H2,1H3. The van der Waals surface area contributed by atoms with Crippen LogP contribution in [-0.4, -0.2) is 36.1 Å². The third-order valence-electron chi connectivity index (χ3n) is 3.19. The zero-order chi connectivity index (χ0) is 13.1. The number of ether oxygens (including phenoxy) is 1. The molecule has 1 aliphatic heterocycles. The number of hydrogen-bond acceptors (Lipinski definition) is 2. The van der Waals surface area contributed by atoms with E-state index in [9.17, 15) is 4.39 Å². The van der Waals surface area contributed by atoms with Gasteiger partial charge in [0.05, 0.1) is 12.7 Å². The molecule has 1 heterocycles. The van der Waals surface area contributed by atoms with E-state index >= 15 is 0 Å². The lowest BCUT2D eigenvalue weighted by atomic mass is 10.1. The molecule has 0 aliphatic carbocycles. The Hall–Kier alpha value is -0.160. The third kappa shape index (κ3) is 3.44. The van der Waals surface area contributed by atoms with Crippen molar-refractivity contribution in [2.24, 2.45) is 0 Å². The summed E-state index contributed by atoms with van der Waals surface area (Å²) in [7, 11) is 0. The second-order valence-electron chi connectivity index (χ2n) is 4.62. The highest BCUT2D eigenvalue weighted by Crippen LogP contribution is 2.20. The summed E-state index contributed by atoms with van der Waals surface area (Å²) in [6.45, 7) is 4.06. The fourth-order valence-electron chi connectivity index (χ4n) is 2.07. The van der Waals surface area contributed by atoms with Crippen molar-refractivity contribution in [1.82, 2.24) is 4.90 Å². The van der Waals surface area contributed by atoms with Crippen LogP contribution < -0.4 is 0 Å². The molecule has 0 radical (unpaired) electrons. The van der Waals surface area contributed by atoms with E-state index in [-0.39, 0.29) is 18.0 Å². The summed E-state index contributed by atoms with van der Waals surface area (Å²) in [5.74, 6) is 0.309. The summed E-state index contributed by atoms with van der Waals surface area (Å²) < 4.78 is 20.2. The van der Waals surface area contributed by atoms with Crippen LogP contribution in [-0.2, 0) is 11.3 Å². The summed E-state index contributed by atoms with van der Waals surface area (Å²) in [6, 6.07) is 5.31. The molecule has 0 N–H and O–H groups in total. The predicted octanol–water partition coefficient (Wildman–Crippen LogP) is 3.42. The largest absolute Gasteiger partial charge is 0.374 e. The first kappa shape index (κ1) is 14.3. The molecular weight excluding hydrogens is 321 g/mol. The molecular formula is C13H16BrClFNO. The molecule has 5 heteroatoms. The maximum Gasteiger partial charge on any atom is 0.127 e. The van der Waals surface area contributed by atoms with Gasteiger partial charge in [0.25, 0.3) is 0 Å². The van der Waals surface area contributed by atoms with Gasteiger partial charge in [0.15, 0.2) is 0 Å². The monoisotopic (exact) mass is 335 g/mol. The minimum atomic E-state index is -0.167. The van der Waals surface area contributed by atoms with Gasteiger partial charge in [-0.25, -0.2) is 4.39 Å². The molecule has 2 rings (SSSR count). The number of morpholine rings is 1. The van der Waals surface area contributed by atoms with Crippen LogP contribution in [0.4, 0.5) is 4.39 Å². The molecule has 0 spiro atoms. The Balaban J connectivity index is 2.09. The highest BCUT2D eigenvalue weighted by molar-refractivity contribution is 9.10. The minimum absolute atomic E-state index is 0.0399. The molecule has 0 saturated carbocycles. The lowest BCUT2D eigenvalue weighted by molar-refractivity contribution is -0.0513. The molecule has 1 aromatic rings. The molecule has 1 fully saturated rings. The zero-order valence-corrected chi connectivity index (χ0v) is 12.5. The molecule has 2 atom stereocenters. The lowest BCUT2D eigenvalue weighted by Gasteiger charge is -2.37. The molecule has 0 aromatic heterocycles. The fourth-order valence-corrected chi connectivity index (χ4v) is 2.67. The van der Waals surface area contributed by atoms with Crippen molar-refractivity contribution in [1.29, 1.82) is 0 Å². The van der Waals surface area contributed by atoms with Gasteiger partial charge in [0.1, 0.15) is 5.82 Å². The molecule has 1 aromatic carbocycles. The van der Waals surface area contributed by atoms with Crippen LogP contribution in [0.2, 0.25) is 0 Å². The molecule has 2 nitrogen and oxygen atoms in total. The number of rotatable bonds is 3. The van der Waals surface area contributed by atoms with Crippen LogP contribution >= 0.6 is 27.5 Å². The fraction of sp³-hybridized carbons (Fsp3) is 0.538. The first-order chi connectivity index (χ1) is 8.60. The average molecular weight is 337 g/mol. The van der Waals surface area contributed by atoms with E-state index in [0.29, 0.717) is 24.6 Å². The summed E-state index contributed by atoms with van der Waals surface area (Å²) >= 11 is 9.19. The number of benzene rings is 1. The van der Waals surface area contributed by atoms with Crippen molar-refractivity contribution in [2.75, 3.05) is 19.0 Å². The van der Waals surface area contributed by atoms with E-state index in [2.05, 4.69) is 27.8 Å². The van der Waals surface area contributed by atoms with Gasteiger partial charge in [-0.15, -0.1) is 11.6 Å². The van der Waals surface area contributed by atoms with Crippen molar-refractivity contribution >= 4 is 27.5 Å². The van der Waals surface area contributed by atoms with Crippen LogP contribution in [0.3, 0.4) is 0 Å². The van der Waals surface area contributed by atoms with Gasteiger partial charge >= 0.3 is 0 Å². The molecule has 1 aliphatic rings. The van der Waals surface area contributed by atoms with Gasteiger partial charge in [-0.3, -0.25) is 4.90 Å². The quantitative estimate of drug-likeness (QED) is 0.784. The van der Waals surface area contributed by atoms with Gasteiger partial charge in [-0.2, -0.15) is 0 Å². The molecule has 1 saturated heterocycles. The van der Waals surface area contributed by atoms with E-state index in [0.717, 1.165) is 11.0 Å². The SMILES string of the molecule is CC1COC(CCl)CN1Cc1cc(Br)ccc1F. The van der Waals surface area contributed by atoms with Crippen LogP contribution in [0.15, 0.2) is 22.7 Å². The van der Waals surface area contributed by atoms with Gasteiger partial charge in [0.2, 0.25) is 0 Å². The topological polar surface area (TPSA) is 12.5 Å². The van der Waals surface area contributed by atoms with Crippen LogP contribution in [0.5, 0.6) is 0 Å². The van der Waals surface area contributed by atoms with Gasteiger partial charge in [0, 0.05) is 35.0 Å². The van der Waals surface area contributed by atoms with E-state index in [1.807, 2.05) is 6.07 Å². The summed E-state index contributed by atoms with van der Waals surface area (Å²) in [5, 5.41) is 0. The molecule has 100 valence electrons. The van der Waals surface area contributed by atoms with Crippen LogP contribution in [0.1, 0.15) is 12.5 Å². The molecule has 2 unspecified atom stereocenters. The van der Waals surface area contributed by atoms with Gasteiger partial charge in [-0.1, -0.05) is 15.9 Å². The second-order valence-corrected chi connectivity index (χ2v) is 5.85. The number of alkyl halides is 1. The Kier molecular flexibility index (Phi) is 5.01. The maximum atomic E-state index is 13.7. The van der Waals surface area contributed by atoms with Crippen molar-refractivity contribution in [3.8, 4) is 0 Å². The predicted molar refractivity (Wildman–Crippen MR) is 74.4 cm³/mol. The van der Waals surface area contributed by atoms with Gasteiger partial charge in [-0.05, 0) is 25.1 Å². The van der Waals surface area contributed by atoms with Gasteiger partial charge < -0.3 is 4.74 Å². The first-order valence-corrected chi connectivity index (χ1v) is 7.28. The number of hydrogen-bond donors (Lipinski definition) is 0. The molecule has 0 bridgehead atoms. The zero-order valence-electron chi connectivity index (χ0n) is 10.2. The maximum absolute atomic E-state index is 13.7. The Labute approximate surface area is 120 Å². The Bertz CT molecular complexity index is 418. The number of halogens is 3. The normalized spacial score (nSPS) is 25.3. The summed E-state index contributed by atoms with van der Waals surface area (Å²) in [5.41, 5.74) is 0.700. The Morgan fingerprint density at radius 2 is 2.33 bits per heavy atom.